The second-order valence-corrected chi connectivity index (χ2v) is 8.22. The molecule has 0 saturated carbocycles. The van der Waals surface area contributed by atoms with Gasteiger partial charge in [0.2, 0.25) is 10.0 Å². The molecule has 4 nitrogen and oxygen atoms in total. The molecule has 0 N–H and O–H groups in total. The van der Waals surface area contributed by atoms with E-state index in [1.54, 1.807) is 25.2 Å². The molecule has 0 aliphatic carbocycles. The first-order valence-electron chi connectivity index (χ1n) is 6.37. The minimum absolute atomic E-state index is 0.261. The van der Waals surface area contributed by atoms with Crippen molar-refractivity contribution in [1.29, 1.82) is 0 Å². The van der Waals surface area contributed by atoms with Gasteiger partial charge in [-0.2, -0.15) is 4.31 Å². The van der Waals surface area contributed by atoms with Gasteiger partial charge in [0.1, 0.15) is 0 Å². The van der Waals surface area contributed by atoms with Crippen LogP contribution < -0.4 is 0 Å². The quantitative estimate of drug-likeness (QED) is 0.782. The van der Waals surface area contributed by atoms with Crippen LogP contribution in [0.4, 0.5) is 0 Å². The molecule has 114 valence electrons. The highest BCUT2D eigenvalue weighted by Crippen LogP contribution is 2.21. The van der Waals surface area contributed by atoms with Crippen molar-refractivity contribution in [2.24, 2.45) is 0 Å². The van der Waals surface area contributed by atoms with E-state index in [4.69, 9.17) is 11.6 Å². The fourth-order valence-corrected chi connectivity index (χ4v) is 4.01. The van der Waals surface area contributed by atoms with Crippen LogP contribution in [-0.4, -0.2) is 24.8 Å². The van der Waals surface area contributed by atoms with E-state index >= 15 is 0 Å². The summed E-state index contributed by atoms with van der Waals surface area (Å²) in [5, 5.41) is 2.80. The molecule has 0 saturated heterocycles. The first-order chi connectivity index (χ1) is 9.84. The lowest BCUT2D eigenvalue weighted by molar-refractivity contribution is 0.462. The average Bonchev–Trinajstić information content (AvgIpc) is 2.84. The fraction of sp³-hybridized carbons (Fsp3) is 0.357. The van der Waals surface area contributed by atoms with Crippen LogP contribution in [0.25, 0.3) is 0 Å². The minimum Gasteiger partial charge on any atom is -0.245 e. The predicted octanol–water partition coefficient (Wildman–Crippen LogP) is 3.32. The second kappa shape index (κ2) is 6.44. The number of aryl methyl sites for hydroxylation is 2. The highest BCUT2D eigenvalue weighted by molar-refractivity contribution is 7.89. The third-order valence-corrected chi connectivity index (χ3v) is 6.13. The number of halogens is 1. The minimum atomic E-state index is -3.54. The van der Waals surface area contributed by atoms with Gasteiger partial charge in [0.05, 0.1) is 22.1 Å². The molecule has 0 atom stereocenters. The van der Waals surface area contributed by atoms with Gasteiger partial charge in [-0.1, -0.05) is 6.07 Å². The van der Waals surface area contributed by atoms with Gasteiger partial charge in [0, 0.05) is 18.3 Å². The molecule has 0 unspecified atom stereocenters. The maximum atomic E-state index is 12.6. The lowest BCUT2D eigenvalue weighted by atomic mass is 10.1. The van der Waals surface area contributed by atoms with Gasteiger partial charge in [0.15, 0.2) is 0 Å². The van der Waals surface area contributed by atoms with E-state index in [0.29, 0.717) is 5.88 Å². The molecule has 0 amide bonds. The van der Waals surface area contributed by atoms with Gasteiger partial charge in [-0.15, -0.1) is 22.9 Å². The number of hydrogen-bond acceptors (Lipinski definition) is 4. The smallest absolute Gasteiger partial charge is 0.243 e. The number of nitrogens with zero attached hydrogens (tertiary/aromatic N) is 2. The van der Waals surface area contributed by atoms with Crippen molar-refractivity contribution in [2.45, 2.75) is 31.2 Å². The molecule has 7 heteroatoms. The van der Waals surface area contributed by atoms with E-state index in [9.17, 15) is 8.42 Å². The molecule has 0 radical (unpaired) electrons. The van der Waals surface area contributed by atoms with Crippen LogP contribution in [0.1, 0.15) is 21.8 Å². The van der Waals surface area contributed by atoms with Crippen molar-refractivity contribution >= 4 is 33.0 Å². The largest absolute Gasteiger partial charge is 0.245 e. The fourth-order valence-electron chi connectivity index (χ4n) is 1.93. The van der Waals surface area contributed by atoms with Gasteiger partial charge in [0.25, 0.3) is 0 Å². The highest BCUT2D eigenvalue weighted by atomic mass is 35.5. The zero-order chi connectivity index (χ0) is 15.6. The molecule has 0 bridgehead atoms. The first kappa shape index (κ1) is 16.4. The Bertz CT molecular complexity index is 741. The zero-order valence-corrected chi connectivity index (χ0v) is 14.5. The Balaban J connectivity index is 2.28. The van der Waals surface area contributed by atoms with Crippen LogP contribution >= 0.6 is 22.9 Å². The van der Waals surface area contributed by atoms with Crippen LogP contribution in [0.2, 0.25) is 0 Å². The molecule has 2 aromatic rings. The van der Waals surface area contributed by atoms with Crippen molar-refractivity contribution in [1.82, 2.24) is 9.29 Å². The monoisotopic (exact) mass is 344 g/mol. The summed E-state index contributed by atoms with van der Waals surface area (Å²) in [5.74, 6) is 0.296. The topological polar surface area (TPSA) is 50.3 Å². The Kier molecular flexibility index (Phi) is 5.03. The van der Waals surface area contributed by atoms with Gasteiger partial charge in [-0.3, -0.25) is 0 Å². The molecule has 1 heterocycles. The maximum absolute atomic E-state index is 12.6. The van der Waals surface area contributed by atoms with Gasteiger partial charge in [-0.25, -0.2) is 13.4 Å². The third-order valence-electron chi connectivity index (χ3n) is 3.22. The number of sulfonamides is 1. The number of aromatic nitrogens is 1. The predicted molar refractivity (Wildman–Crippen MR) is 86.2 cm³/mol. The number of hydrogen-bond donors (Lipinski definition) is 0. The van der Waals surface area contributed by atoms with Crippen molar-refractivity contribution in [3.63, 3.8) is 0 Å². The maximum Gasteiger partial charge on any atom is 0.243 e. The standard InChI is InChI=1S/C14H17ClN2O2S2/c1-10-4-5-14(6-12(10)7-15)21(18,19)17(3)8-13-9-20-11(2)16-13/h4-6,9H,7-8H2,1-3H3. The summed E-state index contributed by atoms with van der Waals surface area (Å²) in [6.07, 6.45) is 0. The number of benzene rings is 1. The van der Waals surface area contributed by atoms with E-state index in [2.05, 4.69) is 4.98 Å². The van der Waals surface area contributed by atoms with Crippen molar-refractivity contribution in [2.75, 3.05) is 7.05 Å². The van der Waals surface area contributed by atoms with Gasteiger partial charge in [-0.05, 0) is 37.1 Å². The van der Waals surface area contributed by atoms with E-state index in [1.165, 1.54) is 15.6 Å². The van der Waals surface area contributed by atoms with Crippen LogP contribution in [0, 0.1) is 13.8 Å². The van der Waals surface area contributed by atoms with Gasteiger partial charge >= 0.3 is 0 Å². The van der Waals surface area contributed by atoms with Crippen LogP contribution in [0.3, 0.4) is 0 Å². The summed E-state index contributed by atoms with van der Waals surface area (Å²) in [4.78, 5) is 4.56. The number of alkyl halides is 1. The van der Waals surface area contributed by atoms with E-state index in [1.807, 2.05) is 19.2 Å². The summed E-state index contributed by atoms with van der Waals surface area (Å²) >= 11 is 7.36. The summed E-state index contributed by atoms with van der Waals surface area (Å²) in [5.41, 5.74) is 2.57. The molecule has 1 aromatic heterocycles. The molecule has 21 heavy (non-hydrogen) atoms. The SMILES string of the molecule is Cc1nc(CN(C)S(=O)(=O)c2ccc(C)c(CCl)c2)cs1. The van der Waals surface area contributed by atoms with E-state index < -0.39 is 10.0 Å². The Morgan fingerprint density at radius 1 is 1.33 bits per heavy atom. The van der Waals surface area contributed by atoms with Crippen LogP contribution in [0.15, 0.2) is 28.5 Å². The molecule has 2 rings (SSSR count). The van der Waals surface area contributed by atoms with E-state index in [0.717, 1.165) is 21.8 Å². The molecule has 1 aromatic carbocycles. The Morgan fingerprint density at radius 3 is 2.62 bits per heavy atom. The van der Waals surface area contributed by atoms with Crippen molar-refractivity contribution in [3.8, 4) is 0 Å². The van der Waals surface area contributed by atoms with Crippen molar-refractivity contribution in [3.05, 3.63) is 45.4 Å². The summed E-state index contributed by atoms with van der Waals surface area (Å²) < 4.78 is 26.5. The molecule has 0 fully saturated rings. The number of thiazole rings is 1. The Hall–Kier alpha value is -0.950. The molecular weight excluding hydrogens is 328 g/mol. The third kappa shape index (κ3) is 3.63. The molecule has 0 spiro atoms. The summed E-state index contributed by atoms with van der Waals surface area (Å²) in [6.45, 7) is 4.07. The highest BCUT2D eigenvalue weighted by Gasteiger charge is 2.22. The summed E-state index contributed by atoms with van der Waals surface area (Å²) in [6, 6.07) is 5.04. The van der Waals surface area contributed by atoms with Crippen LogP contribution in [-0.2, 0) is 22.4 Å². The lowest BCUT2D eigenvalue weighted by Gasteiger charge is -2.17. The Morgan fingerprint density at radius 2 is 2.05 bits per heavy atom. The Labute approximate surface area is 134 Å². The molecule has 0 aliphatic heterocycles. The van der Waals surface area contributed by atoms with Crippen molar-refractivity contribution < 1.29 is 8.42 Å². The zero-order valence-electron chi connectivity index (χ0n) is 12.1. The van der Waals surface area contributed by atoms with Gasteiger partial charge < -0.3 is 0 Å². The van der Waals surface area contributed by atoms with Crippen LogP contribution in [0.5, 0.6) is 0 Å². The normalized spacial score (nSPS) is 12.0. The number of rotatable bonds is 5. The molecular formula is C14H17ClN2O2S2. The lowest BCUT2D eigenvalue weighted by Crippen LogP contribution is -2.26. The van der Waals surface area contributed by atoms with E-state index in [-0.39, 0.29) is 11.4 Å². The molecule has 0 aliphatic rings. The second-order valence-electron chi connectivity index (χ2n) is 4.84. The first-order valence-corrected chi connectivity index (χ1v) is 9.23. The summed E-state index contributed by atoms with van der Waals surface area (Å²) in [7, 11) is -1.98. The average molecular weight is 345 g/mol.